The standard InChI is InChI=1S/C10H17FN2O/c1-7(5-11)8-4-10(8)2-3-13(6-10)9(12)14/h7-8H,2-6H2,1H3,(H2,12,14)/t7-,8?,10?/m0/s1. The Morgan fingerprint density at radius 1 is 1.79 bits per heavy atom. The van der Waals surface area contributed by atoms with Gasteiger partial charge in [-0.25, -0.2) is 4.79 Å². The van der Waals surface area contributed by atoms with Gasteiger partial charge >= 0.3 is 6.03 Å². The fourth-order valence-electron chi connectivity index (χ4n) is 2.84. The van der Waals surface area contributed by atoms with E-state index in [1.807, 2.05) is 6.92 Å². The highest BCUT2D eigenvalue weighted by Gasteiger charge is 2.59. The van der Waals surface area contributed by atoms with Crippen molar-refractivity contribution in [2.45, 2.75) is 19.8 Å². The van der Waals surface area contributed by atoms with Crippen molar-refractivity contribution in [2.24, 2.45) is 23.0 Å². The Kier molecular flexibility index (Phi) is 2.16. The highest BCUT2D eigenvalue weighted by Crippen LogP contribution is 2.61. The van der Waals surface area contributed by atoms with Gasteiger partial charge in [-0.3, -0.25) is 4.39 Å². The number of urea groups is 1. The summed E-state index contributed by atoms with van der Waals surface area (Å²) < 4.78 is 12.5. The first-order valence-electron chi connectivity index (χ1n) is 5.19. The molecule has 2 unspecified atom stereocenters. The van der Waals surface area contributed by atoms with E-state index >= 15 is 0 Å². The lowest BCUT2D eigenvalue weighted by Crippen LogP contribution is -2.34. The van der Waals surface area contributed by atoms with Crippen LogP contribution >= 0.6 is 0 Å². The number of hydrogen-bond donors (Lipinski definition) is 1. The average molecular weight is 200 g/mol. The van der Waals surface area contributed by atoms with Crippen LogP contribution in [-0.4, -0.2) is 30.7 Å². The fourth-order valence-corrected chi connectivity index (χ4v) is 2.84. The maximum Gasteiger partial charge on any atom is 0.314 e. The lowest BCUT2D eigenvalue weighted by molar-refractivity contribution is 0.214. The van der Waals surface area contributed by atoms with Crippen molar-refractivity contribution in [1.82, 2.24) is 4.90 Å². The topological polar surface area (TPSA) is 46.3 Å². The van der Waals surface area contributed by atoms with E-state index in [9.17, 15) is 9.18 Å². The molecular weight excluding hydrogens is 183 g/mol. The van der Waals surface area contributed by atoms with Gasteiger partial charge in [0.05, 0.1) is 6.67 Å². The van der Waals surface area contributed by atoms with Crippen molar-refractivity contribution in [3.05, 3.63) is 0 Å². The monoisotopic (exact) mass is 200 g/mol. The van der Waals surface area contributed by atoms with Gasteiger partial charge in [0.25, 0.3) is 0 Å². The average Bonchev–Trinajstić information content (AvgIpc) is 2.65. The van der Waals surface area contributed by atoms with Crippen LogP contribution in [0.5, 0.6) is 0 Å². The highest BCUT2D eigenvalue weighted by molar-refractivity contribution is 5.72. The van der Waals surface area contributed by atoms with Crippen LogP contribution in [0.2, 0.25) is 0 Å². The Labute approximate surface area is 83.4 Å². The van der Waals surface area contributed by atoms with Crippen molar-refractivity contribution >= 4 is 6.03 Å². The van der Waals surface area contributed by atoms with Gasteiger partial charge in [0.1, 0.15) is 0 Å². The Hall–Kier alpha value is -0.800. The molecule has 0 bridgehead atoms. The van der Waals surface area contributed by atoms with E-state index in [-0.39, 0.29) is 24.0 Å². The quantitative estimate of drug-likeness (QED) is 0.719. The van der Waals surface area contributed by atoms with Gasteiger partial charge in [0.15, 0.2) is 0 Å². The Bertz CT molecular complexity index is 259. The fraction of sp³-hybridized carbons (Fsp3) is 0.900. The minimum atomic E-state index is -0.333. The minimum absolute atomic E-state index is 0.142. The van der Waals surface area contributed by atoms with Crippen molar-refractivity contribution in [2.75, 3.05) is 19.8 Å². The van der Waals surface area contributed by atoms with Gasteiger partial charge in [0.2, 0.25) is 0 Å². The summed E-state index contributed by atoms with van der Waals surface area (Å²) >= 11 is 0. The summed E-state index contributed by atoms with van der Waals surface area (Å²) in [7, 11) is 0. The molecule has 0 aromatic heterocycles. The number of amides is 2. The van der Waals surface area contributed by atoms with Crippen molar-refractivity contribution in [1.29, 1.82) is 0 Å². The van der Waals surface area contributed by atoms with Crippen LogP contribution in [0.3, 0.4) is 0 Å². The predicted octanol–water partition coefficient (Wildman–Crippen LogP) is 1.38. The molecule has 2 N–H and O–H groups in total. The molecule has 0 radical (unpaired) electrons. The molecule has 1 heterocycles. The molecule has 14 heavy (non-hydrogen) atoms. The molecular formula is C10H17FN2O. The largest absolute Gasteiger partial charge is 0.351 e. The van der Waals surface area contributed by atoms with Crippen LogP contribution in [-0.2, 0) is 0 Å². The molecule has 3 nitrogen and oxygen atoms in total. The first kappa shape index (κ1) is 9.74. The van der Waals surface area contributed by atoms with Crippen LogP contribution in [0.25, 0.3) is 0 Å². The van der Waals surface area contributed by atoms with Gasteiger partial charge in [-0.15, -0.1) is 0 Å². The Morgan fingerprint density at radius 2 is 2.50 bits per heavy atom. The molecule has 3 atom stereocenters. The van der Waals surface area contributed by atoms with Crippen molar-refractivity contribution in [3.63, 3.8) is 0 Å². The van der Waals surface area contributed by atoms with Gasteiger partial charge in [-0.1, -0.05) is 6.92 Å². The molecule has 80 valence electrons. The molecule has 1 aliphatic heterocycles. The third-order valence-corrected chi connectivity index (χ3v) is 3.88. The number of halogens is 1. The zero-order valence-electron chi connectivity index (χ0n) is 8.50. The maximum absolute atomic E-state index is 12.5. The van der Waals surface area contributed by atoms with E-state index < -0.39 is 0 Å². The summed E-state index contributed by atoms with van der Waals surface area (Å²) in [6.07, 6.45) is 2.08. The summed E-state index contributed by atoms with van der Waals surface area (Å²) in [4.78, 5) is 12.6. The Morgan fingerprint density at radius 3 is 3.00 bits per heavy atom. The van der Waals surface area contributed by atoms with E-state index in [1.165, 1.54) is 0 Å². The summed E-state index contributed by atoms with van der Waals surface area (Å²) in [6, 6.07) is -0.333. The smallest absolute Gasteiger partial charge is 0.314 e. The van der Waals surface area contributed by atoms with Crippen LogP contribution < -0.4 is 5.73 Å². The third-order valence-electron chi connectivity index (χ3n) is 3.88. The van der Waals surface area contributed by atoms with Crippen molar-refractivity contribution in [3.8, 4) is 0 Å². The van der Waals surface area contributed by atoms with Gasteiger partial charge < -0.3 is 10.6 Å². The van der Waals surface area contributed by atoms with E-state index in [0.29, 0.717) is 5.92 Å². The van der Waals surface area contributed by atoms with Crippen LogP contribution in [0.4, 0.5) is 9.18 Å². The van der Waals surface area contributed by atoms with E-state index in [4.69, 9.17) is 5.73 Å². The second kappa shape index (κ2) is 3.11. The number of rotatable bonds is 2. The van der Waals surface area contributed by atoms with E-state index in [0.717, 1.165) is 25.9 Å². The van der Waals surface area contributed by atoms with Crippen LogP contribution in [0.1, 0.15) is 19.8 Å². The molecule has 1 saturated carbocycles. The van der Waals surface area contributed by atoms with Crippen LogP contribution in [0.15, 0.2) is 0 Å². The van der Waals surface area contributed by atoms with Gasteiger partial charge in [0, 0.05) is 13.1 Å². The number of primary amides is 1. The second-order valence-electron chi connectivity index (χ2n) is 4.81. The molecule has 1 saturated heterocycles. The lowest BCUT2D eigenvalue weighted by atomic mass is 9.96. The third kappa shape index (κ3) is 1.37. The molecule has 4 heteroatoms. The SMILES string of the molecule is C[C@@H](CF)C1CC12CCN(C(N)=O)C2. The van der Waals surface area contributed by atoms with Crippen molar-refractivity contribution < 1.29 is 9.18 Å². The first-order valence-corrected chi connectivity index (χ1v) is 5.19. The first-order chi connectivity index (χ1) is 6.59. The zero-order chi connectivity index (χ0) is 10.3. The molecule has 1 spiro atoms. The summed E-state index contributed by atoms with van der Waals surface area (Å²) in [5.74, 6) is 0.611. The maximum atomic E-state index is 12.5. The molecule has 2 rings (SSSR count). The molecule has 0 aromatic rings. The number of nitrogens with zero attached hydrogens (tertiary/aromatic N) is 1. The zero-order valence-corrected chi connectivity index (χ0v) is 8.50. The number of alkyl halides is 1. The number of likely N-dealkylation sites (tertiary alicyclic amines) is 1. The number of nitrogens with two attached hydrogens (primary N) is 1. The van der Waals surface area contributed by atoms with Gasteiger partial charge in [-0.2, -0.15) is 0 Å². The molecule has 0 aromatic carbocycles. The van der Waals surface area contributed by atoms with Gasteiger partial charge in [-0.05, 0) is 30.1 Å². The molecule has 2 aliphatic rings. The second-order valence-corrected chi connectivity index (χ2v) is 4.81. The molecule has 2 fully saturated rings. The van der Waals surface area contributed by atoms with E-state index in [2.05, 4.69) is 0 Å². The summed E-state index contributed by atoms with van der Waals surface area (Å²) in [5, 5.41) is 0. The highest BCUT2D eigenvalue weighted by atomic mass is 19.1. The molecule has 2 amide bonds. The van der Waals surface area contributed by atoms with Crippen LogP contribution in [0, 0.1) is 17.3 Å². The number of carbonyl (C=O) groups is 1. The molecule has 1 aliphatic carbocycles. The summed E-state index contributed by atoms with van der Waals surface area (Å²) in [6.45, 7) is 3.21. The van der Waals surface area contributed by atoms with E-state index in [1.54, 1.807) is 4.90 Å². The Balaban J connectivity index is 1.94. The normalized spacial score (nSPS) is 37.6. The minimum Gasteiger partial charge on any atom is -0.351 e. The number of carbonyl (C=O) groups excluding carboxylic acids is 1. The predicted molar refractivity (Wildman–Crippen MR) is 51.5 cm³/mol. The number of hydrogen-bond acceptors (Lipinski definition) is 1. The lowest BCUT2D eigenvalue weighted by Gasteiger charge is -2.14. The summed E-state index contributed by atoms with van der Waals surface area (Å²) in [5.41, 5.74) is 5.44.